The summed E-state index contributed by atoms with van der Waals surface area (Å²) in [5.74, 6) is 1.99. The average molecular weight is 279 g/mol. The van der Waals surface area contributed by atoms with Crippen molar-refractivity contribution in [2.24, 2.45) is 7.05 Å². The van der Waals surface area contributed by atoms with Crippen molar-refractivity contribution < 1.29 is 8.95 Å². The van der Waals surface area contributed by atoms with Crippen LogP contribution in [0.2, 0.25) is 0 Å². The molecule has 1 heterocycles. The quantitative estimate of drug-likeness (QED) is 0.839. The predicted octanol–water partition coefficient (Wildman–Crippen LogP) is 1.36. The van der Waals surface area contributed by atoms with E-state index in [1.165, 1.54) is 0 Å². The minimum atomic E-state index is -1.13. The Morgan fingerprint density at radius 1 is 1.47 bits per heavy atom. The van der Waals surface area contributed by atoms with E-state index >= 15 is 0 Å². The molecule has 0 aliphatic carbocycles. The van der Waals surface area contributed by atoms with Gasteiger partial charge in [-0.1, -0.05) is 0 Å². The standard InChI is InChI=1S/C13H17N3O2S/c1-16-7-6-15-13(16)5-8-19(17)12-4-3-10(14)9-11(12)18-2/h3-4,6-7,9H,5,8,14H2,1-2H3. The van der Waals surface area contributed by atoms with Crippen LogP contribution in [0.15, 0.2) is 35.5 Å². The predicted molar refractivity (Wildman–Crippen MR) is 75.6 cm³/mol. The monoisotopic (exact) mass is 279 g/mol. The smallest absolute Gasteiger partial charge is 0.137 e. The van der Waals surface area contributed by atoms with Crippen LogP contribution in [-0.2, 0) is 24.3 Å². The van der Waals surface area contributed by atoms with E-state index in [-0.39, 0.29) is 0 Å². The number of nitrogens with two attached hydrogens (primary N) is 1. The average Bonchev–Trinajstić information content (AvgIpc) is 2.81. The van der Waals surface area contributed by atoms with Crippen molar-refractivity contribution in [3.05, 3.63) is 36.4 Å². The minimum Gasteiger partial charge on any atom is -0.495 e. The van der Waals surface area contributed by atoms with E-state index in [0.717, 1.165) is 5.82 Å². The maximum Gasteiger partial charge on any atom is 0.137 e. The van der Waals surface area contributed by atoms with Gasteiger partial charge in [-0.15, -0.1) is 0 Å². The molecule has 0 aliphatic heterocycles. The first-order valence-corrected chi connectivity index (χ1v) is 7.22. The number of nitrogen functional groups attached to an aromatic ring is 1. The third-order valence-electron chi connectivity index (χ3n) is 2.86. The van der Waals surface area contributed by atoms with E-state index in [1.54, 1.807) is 31.5 Å². The highest BCUT2D eigenvalue weighted by Gasteiger charge is 2.12. The third-order valence-corrected chi connectivity index (χ3v) is 4.27. The van der Waals surface area contributed by atoms with E-state index in [4.69, 9.17) is 10.5 Å². The second kappa shape index (κ2) is 5.88. The van der Waals surface area contributed by atoms with Crippen LogP contribution in [0, 0.1) is 0 Å². The molecule has 0 spiro atoms. The first kappa shape index (κ1) is 13.6. The molecule has 0 saturated heterocycles. The molecule has 2 rings (SSSR count). The molecule has 1 unspecified atom stereocenters. The first-order valence-electron chi connectivity index (χ1n) is 5.90. The Labute approximate surface area is 114 Å². The van der Waals surface area contributed by atoms with E-state index in [0.29, 0.717) is 28.5 Å². The molecule has 0 bridgehead atoms. The molecule has 0 fully saturated rings. The minimum absolute atomic E-state index is 0.505. The topological polar surface area (TPSA) is 70.1 Å². The SMILES string of the molecule is COc1cc(N)ccc1S(=O)CCc1nccn1C. The van der Waals surface area contributed by atoms with Gasteiger partial charge >= 0.3 is 0 Å². The van der Waals surface area contributed by atoms with Gasteiger partial charge in [-0.3, -0.25) is 4.21 Å². The first-order chi connectivity index (χ1) is 9.11. The molecule has 5 nitrogen and oxygen atoms in total. The van der Waals surface area contributed by atoms with Gasteiger partial charge in [0.15, 0.2) is 0 Å². The Bertz CT molecular complexity index is 595. The summed E-state index contributed by atoms with van der Waals surface area (Å²) in [5, 5.41) is 0. The number of benzene rings is 1. The van der Waals surface area contributed by atoms with Gasteiger partial charge in [0.25, 0.3) is 0 Å². The summed E-state index contributed by atoms with van der Waals surface area (Å²) >= 11 is 0. The lowest BCUT2D eigenvalue weighted by molar-refractivity contribution is 0.404. The molecule has 2 N–H and O–H groups in total. The zero-order chi connectivity index (χ0) is 13.8. The fourth-order valence-corrected chi connectivity index (χ4v) is 2.98. The molecule has 0 saturated carbocycles. The fraction of sp³-hybridized carbons (Fsp3) is 0.308. The molecular weight excluding hydrogens is 262 g/mol. The summed E-state index contributed by atoms with van der Waals surface area (Å²) in [5.41, 5.74) is 6.28. The van der Waals surface area contributed by atoms with Gasteiger partial charge in [0.1, 0.15) is 11.6 Å². The molecule has 102 valence electrons. The van der Waals surface area contributed by atoms with Crippen LogP contribution in [0.5, 0.6) is 5.75 Å². The van der Waals surface area contributed by atoms with E-state index in [1.807, 2.05) is 17.8 Å². The van der Waals surface area contributed by atoms with Crippen molar-refractivity contribution in [2.45, 2.75) is 11.3 Å². The number of hydrogen-bond acceptors (Lipinski definition) is 4. The maximum absolute atomic E-state index is 12.3. The highest BCUT2D eigenvalue weighted by Crippen LogP contribution is 2.25. The second-order valence-corrected chi connectivity index (χ2v) is 5.70. The Hall–Kier alpha value is -1.82. The fourth-order valence-electron chi connectivity index (χ4n) is 1.80. The van der Waals surface area contributed by atoms with Crippen LogP contribution in [-0.4, -0.2) is 26.6 Å². The molecule has 0 radical (unpaired) electrons. The molecule has 1 aromatic heterocycles. The van der Waals surface area contributed by atoms with E-state index in [9.17, 15) is 4.21 Å². The van der Waals surface area contributed by atoms with Crippen LogP contribution in [0.25, 0.3) is 0 Å². The molecule has 2 aromatic rings. The number of methoxy groups -OCH3 is 1. The molecular formula is C13H17N3O2S. The van der Waals surface area contributed by atoms with Crippen LogP contribution in [0.3, 0.4) is 0 Å². The van der Waals surface area contributed by atoms with Gasteiger partial charge in [-0.05, 0) is 12.1 Å². The van der Waals surface area contributed by atoms with Crippen molar-refractivity contribution in [1.82, 2.24) is 9.55 Å². The van der Waals surface area contributed by atoms with Crippen LogP contribution < -0.4 is 10.5 Å². The van der Waals surface area contributed by atoms with E-state index in [2.05, 4.69) is 4.98 Å². The van der Waals surface area contributed by atoms with Crippen molar-refractivity contribution in [3.63, 3.8) is 0 Å². The van der Waals surface area contributed by atoms with Crippen LogP contribution >= 0.6 is 0 Å². The lowest BCUT2D eigenvalue weighted by Gasteiger charge is -2.09. The molecule has 1 aromatic carbocycles. The van der Waals surface area contributed by atoms with Crippen molar-refractivity contribution in [1.29, 1.82) is 0 Å². The van der Waals surface area contributed by atoms with Gasteiger partial charge in [-0.25, -0.2) is 4.98 Å². The van der Waals surface area contributed by atoms with Gasteiger partial charge in [0.2, 0.25) is 0 Å². The van der Waals surface area contributed by atoms with Crippen molar-refractivity contribution >= 4 is 16.5 Å². The van der Waals surface area contributed by atoms with Crippen LogP contribution in [0.1, 0.15) is 5.82 Å². The Kier molecular flexibility index (Phi) is 4.21. The number of hydrogen-bond donors (Lipinski definition) is 1. The summed E-state index contributed by atoms with van der Waals surface area (Å²) in [6.07, 6.45) is 4.27. The highest BCUT2D eigenvalue weighted by molar-refractivity contribution is 7.85. The van der Waals surface area contributed by atoms with Crippen LogP contribution in [0.4, 0.5) is 5.69 Å². The van der Waals surface area contributed by atoms with Crippen molar-refractivity contribution in [2.75, 3.05) is 18.6 Å². The molecule has 1 atom stereocenters. The molecule has 19 heavy (non-hydrogen) atoms. The van der Waals surface area contributed by atoms with Gasteiger partial charge in [-0.2, -0.15) is 0 Å². The number of rotatable bonds is 5. The maximum atomic E-state index is 12.3. The zero-order valence-corrected chi connectivity index (χ0v) is 11.8. The Morgan fingerprint density at radius 3 is 2.89 bits per heavy atom. The lowest BCUT2D eigenvalue weighted by Crippen LogP contribution is -2.07. The number of aromatic nitrogens is 2. The number of imidazole rings is 1. The summed E-state index contributed by atoms with van der Waals surface area (Å²) in [6, 6.07) is 5.17. The van der Waals surface area contributed by atoms with Crippen molar-refractivity contribution in [3.8, 4) is 5.75 Å². The summed E-state index contributed by atoms with van der Waals surface area (Å²) in [4.78, 5) is 4.89. The number of nitrogens with zero attached hydrogens (tertiary/aromatic N) is 2. The summed E-state index contributed by atoms with van der Waals surface area (Å²) < 4.78 is 19.4. The molecule has 0 aliphatic rings. The summed E-state index contributed by atoms with van der Waals surface area (Å²) in [7, 11) is 2.35. The third kappa shape index (κ3) is 3.14. The number of anilines is 1. The van der Waals surface area contributed by atoms with E-state index < -0.39 is 10.8 Å². The number of ether oxygens (including phenoxy) is 1. The zero-order valence-electron chi connectivity index (χ0n) is 11.0. The van der Waals surface area contributed by atoms with Gasteiger partial charge < -0.3 is 15.0 Å². The number of aryl methyl sites for hydroxylation is 2. The largest absolute Gasteiger partial charge is 0.495 e. The van der Waals surface area contributed by atoms with Gasteiger partial charge in [0.05, 0.1) is 22.8 Å². The lowest BCUT2D eigenvalue weighted by atomic mass is 10.3. The molecule has 6 heteroatoms. The summed E-state index contributed by atoms with van der Waals surface area (Å²) in [6.45, 7) is 0. The Balaban J connectivity index is 2.10. The van der Waals surface area contributed by atoms with Gasteiger partial charge in [0, 0.05) is 43.4 Å². The second-order valence-electron chi connectivity index (χ2n) is 4.16. The highest BCUT2D eigenvalue weighted by atomic mass is 32.2. The normalized spacial score (nSPS) is 12.3. The Morgan fingerprint density at radius 2 is 2.26 bits per heavy atom. The molecule has 0 amide bonds.